The number of carbonyl (C=O) groups is 1. The summed E-state index contributed by atoms with van der Waals surface area (Å²) in [5, 5.41) is 35.9. The van der Waals surface area contributed by atoms with E-state index >= 15 is 0 Å². The molecule has 4 N–H and O–H groups in total. The molecule has 96 valence electrons. The van der Waals surface area contributed by atoms with Gasteiger partial charge in [0.1, 0.15) is 24.4 Å². The van der Waals surface area contributed by atoms with Crippen molar-refractivity contribution in [2.24, 2.45) is 0 Å². The summed E-state index contributed by atoms with van der Waals surface area (Å²) in [6.45, 7) is -1.09. The van der Waals surface area contributed by atoms with Crippen LogP contribution in [0.5, 0.6) is 0 Å². The summed E-state index contributed by atoms with van der Waals surface area (Å²) < 4.78 is 13.6. The van der Waals surface area contributed by atoms with Gasteiger partial charge in [-0.2, -0.15) is 0 Å². The van der Waals surface area contributed by atoms with Crippen LogP contribution < -0.4 is 9.79 Å². The summed E-state index contributed by atoms with van der Waals surface area (Å²) in [5.41, 5.74) is 0. The Morgan fingerprint density at radius 1 is 1.18 bits per heavy atom. The Hall–Kier alpha value is 0.243. The van der Waals surface area contributed by atoms with E-state index in [2.05, 4.69) is 4.52 Å². The van der Waals surface area contributed by atoms with Crippen LogP contribution in [0, 0.1) is 0 Å². The summed E-state index contributed by atoms with van der Waals surface area (Å²) >= 11 is 0. The van der Waals surface area contributed by atoms with E-state index in [9.17, 15) is 19.1 Å². The van der Waals surface area contributed by atoms with Crippen molar-refractivity contribution in [3.63, 3.8) is 0 Å². The molecular formula is C6H11O9PZn. The van der Waals surface area contributed by atoms with E-state index < -0.39 is 38.8 Å². The third kappa shape index (κ3) is 8.04. The van der Waals surface area contributed by atoms with Gasteiger partial charge in [-0.15, -0.1) is 0 Å². The fourth-order valence-corrected chi connectivity index (χ4v) is 1.11. The minimum absolute atomic E-state index is 0. The van der Waals surface area contributed by atoms with Crippen LogP contribution in [0.3, 0.4) is 0 Å². The van der Waals surface area contributed by atoms with Crippen LogP contribution in [0.15, 0.2) is 0 Å². The molecule has 11 heteroatoms. The first-order chi connectivity index (χ1) is 7.19. The van der Waals surface area contributed by atoms with Crippen molar-refractivity contribution in [2.75, 3.05) is 6.61 Å². The average molecular weight is 324 g/mol. The predicted octanol–water partition coefficient (Wildman–Crippen LogP) is -4.53. The molecule has 9 nitrogen and oxygen atoms in total. The Labute approximate surface area is 109 Å². The van der Waals surface area contributed by atoms with Gasteiger partial charge in [0.25, 0.3) is 0 Å². The molecule has 0 saturated heterocycles. The van der Waals surface area contributed by atoms with Crippen LogP contribution in [-0.4, -0.2) is 57.7 Å². The number of hydrogen-bond acceptors (Lipinski definition) is 9. The van der Waals surface area contributed by atoms with Gasteiger partial charge < -0.3 is 44.1 Å². The molecule has 0 spiro atoms. The molecule has 0 heterocycles. The minimum atomic E-state index is -5.30. The molecule has 0 aliphatic rings. The number of phosphoric ester groups is 1. The van der Waals surface area contributed by atoms with Crippen molar-refractivity contribution in [3.8, 4) is 0 Å². The van der Waals surface area contributed by atoms with Gasteiger partial charge in [-0.25, -0.2) is 0 Å². The van der Waals surface area contributed by atoms with Gasteiger partial charge in [-0.1, -0.05) is 0 Å². The first kappa shape index (κ1) is 19.6. The third-order valence-electron chi connectivity index (χ3n) is 1.64. The molecule has 0 aromatic carbocycles. The van der Waals surface area contributed by atoms with E-state index in [1.807, 2.05) is 0 Å². The molecule has 0 aliphatic carbocycles. The molecule has 0 aromatic heterocycles. The molecule has 0 unspecified atom stereocenters. The molecule has 0 bridgehead atoms. The van der Waals surface area contributed by atoms with E-state index in [0.717, 1.165) is 0 Å². The Balaban J connectivity index is 0. The second-order valence-electron chi connectivity index (χ2n) is 2.92. The number of carbonyl (C=O) groups excluding carboxylic acids is 1. The maximum atomic E-state index is 10.0. The van der Waals surface area contributed by atoms with Gasteiger partial charge in [0, 0.05) is 0 Å². The van der Waals surface area contributed by atoms with Gasteiger partial charge in [-0.3, -0.25) is 0 Å². The number of phosphoric acid groups is 1. The summed E-state index contributed by atoms with van der Waals surface area (Å²) in [6, 6.07) is 0. The van der Waals surface area contributed by atoms with Crippen molar-refractivity contribution in [2.45, 2.75) is 24.4 Å². The Bertz CT molecular complexity index is 268. The smallest absolute Gasteiger partial charge is 0.790 e. The van der Waals surface area contributed by atoms with E-state index in [1.54, 1.807) is 0 Å². The zero-order valence-electron chi connectivity index (χ0n) is 8.58. The quantitative estimate of drug-likeness (QED) is 0.205. The van der Waals surface area contributed by atoms with Crippen molar-refractivity contribution >= 4 is 14.1 Å². The van der Waals surface area contributed by atoms with E-state index in [-0.39, 0.29) is 25.8 Å². The second kappa shape index (κ2) is 8.36. The topological polar surface area (TPSA) is 170 Å². The number of aldehydes is 1. The fraction of sp³-hybridized carbons (Fsp3) is 0.833. The van der Waals surface area contributed by atoms with Crippen molar-refractivity contribution in [3.05, 3.63) is 0 Å². The van der Waals surface area contributed by atoms with Gasteiger partial charge in [0.2, 0.25) is 0 Å². The average Bonchev–Trinajstić information content (AvgIpc) is 2.21. The zero-order valence-corrected chi connectivity index (χ0v) is 12.4. The number of hydrogen-bond donors (Lipinski definition) is 4. The SMILES string of the molecule is O=C[C@H](O)[C@@H](O)[C@H](O)[C@H](O)COP(=O)([O-])[O-].[Zn+2]. The van der Waals surface area contributed by atoms with E-state index in [0.29, 0.717) is 0 Å². The predicted molar refractivity (Wildman–Crippen MR) is 43.6 cm³/mol. The molecule has 0 aromatic rings. The van der Waals surface area contributed by atoms with Gasteiger partial charge >= 0.3 is 19.5 Å². The van der Waals surface area contributed by atoms with Crippen molar-refractivity contribution in [1.29, 1.82) is 0 Å². The van der Waals surface area contributed by atoms with Crippen LogP contribution in [0.2, 0.25) is 0 Å². The van der Waals surface area contributed by atoms with Crippen molar-refractivity contribution in [1.82, 2.24) is 0 Å². The largest absolute Gasteiger partial charge is 2.00 e. The molecule has 17 heavy (non-hydrogen) atoms. The first-order valence-corrected chi connectivity index (χ1v) is 5.49. The molecule has 0 aliphatic heterocycles. The van der Waals surface area contributed by atoms with Crippen LogP contribution in [0.25, 0.3) is 0 Å². The van der Waals surface area contributed by atoms with E-state index in [4.69, 9.17) is 20.4 Å². The zero-order chi connectivity index (χ0) is 12.9. The summed E-state index contributed by atoms with van der Waals surface area (Å²) in [4.78, 5) is 30.0. The van der Waals surface area contributed by atoms with Gasteiger partial charge in [-0.05, 0) is 0 Å². The number of aliphatic hydroxyl groups excluding tert-OH is 4. The number of aliphatic hydroxyl groups is 4. The third-order valence-corrected chi connectivity index (χ3v) is 2.10. The van der Waals surface area contributed by atoms with Crippen LogP contribution in [0.1, 0.15) is 0 Å². The second-order valence-corrected chi connectivity index (χ2v) is 4.07. The van der Waals surface area contributed by atoms with Gasteiger partial charge in [0.05, 0.1) is 14.4 Å². The standard InChI is InChI=1S/C6H13O9P.Zn/c7-1-3(8)5(10)6(11)4(9)2-15-16(12,13)14;/h1,3-6,8-11H,2H2,(H2,12,13,14);/q;+2/p-2/t3-,4+,5+,6+;/m0./s1. The Kier molecular flexibility index (Phi) is 9.63. The summed E-state index contributed by atoms with van der Waals surface area (Å²) in [6.07, 6.45) is -8.04. The number of rotatable bonds is 7. The summed E-state index contributed by atoms with van der Waals surface area (Å²) in [5.74, 6) is 0. The molecule has 0 radical (unpaired) electrons. The van der Waals surface area contributed by atoms with E-state index in [1.165, 1.54) is 0 Å². The normalized spacial score (nSPS) is 18.7. The maximum absolute atomic E-state index is 10.0. The monoisotopic (exact) mass is 322 g/mol. The summed E-state index contributed by atoms with van der Waals surface area (Å²) in [7, 11) is -5.30. The minimum Gasteiger partial charge on any atom is -0.790 e. The molecule has 0 saturated carbocycles. The van der Waals surface area contributed by atoms with Crippen molar-refractivity contribution < 1.29 is 63.6 Å². The van der Waals surface area contributed by atoms with Gasteiger partial charge in [0.15, 0.2) is 6.29 Å². The maximum Gasteiger partial charge on any atom is 2.00 e. The molecular weight excluding hydrogens is 312 g/mol. The molecule has 0 fully saturated rings. The first-order valence-electron chi connectivity index (χ1n) is 4.03. The van der Waals surface area contributed by atoms with Crippen LogP contribution in [0.4, 0.5) is 0 Å². The molecule has 0 rings (SSSR count). The Morgan fingerprint density at radius 2 is 1.65 bits per heavy atom. The van der Waals surface area contributed by atoms with Crippen LogP contribution in [-0.2, 0) is 33.4 Å². The Morgan fingerprint density at radius 3 is 2.00 bits per heavy atom. The molecule has 0 amide bonds. The van der Waals surface area contributed by atoms with Crippen LogP contribution >= 0.6 is 7.82 Å². The fourth-order valence-electron chi connectivity index (χ4n) is 0.776. The molecule has 4 atom stereocenters.